The van der Waals surface area contributed by atoms with Gasteiger partial charge in [-0.05, 0) is 37.5 Å². The first-order valence-corrected chi connectivity index (χ1v) is 6.74. The minimum atomic E-state index is 0.0311. The molecule has 1 heterocycles. The summed E-state index contributed by atoms with van der Waals surface area (Å²) in [6.07, 6.45) is 5.82. The molecule has 1 fully saturated rings. The van der Waals surface area contributed by atoms with Crippen LogP contribution >= 0.6 is 0 Å². The van der Waals surface area contributed by atoms with E-state index in [0.717, 1.165) is 30.6 Å². The van der Waals surface area contributed by atoms with Crippen LogP contribution in [0, 0.1) is 5.92 Å². The Hall–Kier alpha value is -2.21. The average Bonchev–Trinajstić information content (AvgIpc) is 3.10. The first-order valence-electron chi connectivity index (χ1n) is 6.74. The third-order valence-corrected chi connectivity index (χ3v) is 3.67. The molecule has 1 amide bonds. The van der Waals surface area contributed by atoms with Gasteiger partial charge in [-0.3, -0.25) is 9.36 Å². The molecule has 0 saturated heterocycles. The molecule has 6 heteroatoms. The second-order valence-electron chi connectivity index (χ2n) is 5.18. The Bertz CT molecular complexity index is 595. The van der Waals surface area contributed by atoms with Crippen LogP contribution in [-0.4, -0.2) is 26.7 Å². The van der Waals surface area contributed by atoms with Crippen LogP contribution in [-0.2, 0) is 4.79 Å². The van der Waals surface area contributed by atoms with Gasteiger partial charge in [0.05, 0.1) is 5.69 Å². The summed E-state index contributed by atoms with van der Waals surface area (Å²) in [4.78, 5) is 12.2. The molecule has 0 aliphatic heterocycles. The number of anilines is 1. The molecule has 0 radical (unpaired) electrons. The first-order chi connectivity index (χ1) is 9.72. The lowest BCUT2D eigenvalue weighted by atomic mass is 10.1. The molecule has 2 atom stereocenters. The van der Waals surface area contributed by atoms with Crippen molar-refractivity contribution in [2.75, 3.05) is 5.32 Å². The summed E-state index contributed by atoms with van der Waals surface area (Å²) in [7, 11) is 0. The molecule has 1 aliphatic carbocycles. The van der Waals surface area contributed by atoms with Gasteiger partial charge in [0.1, 0.15) is 12.7 Å². The second kappa shape index (κ2) is 5.42. The van der Waals surface area contributed by atoms with E-state index in [2.05, 4.69) is 15.5 Å². The number of hydrogen-bond acceptors (Lipinski definition) is 4. The topological polar surface area (TPSA) is 85.8 Å². The van der Waals surface area contributed by atoms with Gasteiger partial charge in [-0.2, -0.15) is 0 Å². The lowest BCUT2D eigenvalue weighted by Gasteiger charge is -2.11. The molecule has 104 valence electrons. The monoisotopic (exact) mass is 271 g/mol. The van der Waals surface area contributed by atoms with Gasteiger partial charge in [0, 0.05) is 17.6 Å². The predicted molar refractivity (Wildman–Crippen MR) is 75.3 cm³/mol. The molecule has 3 rings (SSSR count). The van der Waals surface area contributed by atoms with Crippen LogP contribution < -0.4 is 11.1 Å². The summed E-state index contributed by atoms with van der Waals surface area (Å²) < 4.78 is 1.79. The van der Waals surface area contributed by atoms with Gasteiger partial charge in [0.25, 0.3) is 0 Å². The summed E-state index contributed by atoms with van der Waals surface area (Å²) in [5.41, 5.74) is 7.54. The number of aromatic nitrogens is 3. The van der Waals surface area contributed by atoms with Crippen LogP contribution in [0.15, 0.2) is 36.9 Å². The number of benzene rings is 1. The SMILES string of the molecule is NC1CCC(C(=O)Nc2cccc(-n3cnnc3)c2)C1. The number of nitrogens with two attached hydrogens (primary N) is 1. The minimum absolute atomic E-state index is 0.0311. The van der Waals surface area contributed by atoms with Crippen molar-refractivity contribution in [2.24, 2.45) is 11.7 Å². The number of nitrogens with zero attached hydrogens (tertiary/aromatic N) is 3. The van der Waals surface area contributed by atoms with Crippen LogP contribution in [0.4, 0.5) is 5.69 Å². The van der Waals surface area contributed by atoms with Crippen molar-refractivity contribution in [2.45, 2.75) is 25.3 Å². The Morgan fingerprint density at radius 3 is 2.80 bits per heavy atom. The lowest BCUT2D eigenvalue weighted by Crippen LogP contribution is -2.23. The number of rotatable bonds is 3. The molecule has 0 spiro atoms. The van der Waals surface area contributed by atoms with E-state index in [9.17, 15) is 4.79 Å². The predicted octanol–water partition coefficient (Wildman–Crippen LogP) is 1.33. The van der Waals surface area contributed by atoms with Crippen molar-refractivity contribution in [1.29, 1.82) is 0 Å². The number of amides is 1. The molecule has 1 aliphatic rings. The number of carbonyl (C=O) groups is 1. The van der Waals surface area contributed by atoms with Crippen molar-refractivity contribution < 1.29 is 4.79 Å². The first kappa shape index (κ1) is 12.8. The van der Waals surface area contributed by atoms with E-state index in [1.54, 1.807) is 17.2 Å². The maximum atomic E-state index is 12.2. The molecule has 0 bridgehead atoms. The van der Waals surface area contributed by atoms with Crippen molar-refractivity contribution in [3.63, 3.8) is 0 Å². The van der Waals surface area contributed by atoms with Crippen molar-refractivity contribution >= 4 is 11.6 Å². The van der Waals surface area contributed by atoms with Crippen molar-refractivity contribution in [1.82, 2.24) is 14.8 Å². The molecule has 1 aromatic carbocycles. The van der Waals surface area contributed by atoms with Crippen LogP contribution in [0.5, 0.6) is 0 Å². The van der Waals surface area contributed by atoms with Crippen molar-refractivity contribution in [3.8, 4) is 5.69 Å². The summed E-state index contributed by atoms with van der Waals surface area (Å²) in [5.74, 6) is 0.0856. The molecule has 2 aromatic rings. The Morgan fingerprint density at radius 2 is 2.10 bits per heavy atom. The van der Waals surface area contributed by atoms with Crippen LogP contribution in [0.25, 0.3) is 5.69 Å². The maximum Gasteiger partial charge on any atom is 0.227 e. The highest BCUT2D eigenvalue weighted by molar-refractivity contribution is 5.93. The minimum Gasteiger partial charge on any atom is -0.328 e. The standard InChI is InChI=1S/C14H17N5O/c15-11-5-4-10(6-11)14(20)18-12-2-1-3-13(7-12)19-8-16-17-9-19/h1-3,7-11H,4-6,15H2,(H,18,20). The fourth-order valence-corrected chi connectivity index (χ4v) is 2.58. The molecule has 3 N–H and O–H groups in total. The molecular weight excluding hydrogens is 254 g/mol. The third-order valence-electron chi connectivity index (χ3n) is 3.67. The Morgan fingerprint density at radius 1 is 1.30 bits per heavy atom. The Balaban J connectivity index is 1.71. The van der Waals surface area contributed by atoms with Crippen LogP contribution in [0.3, 0.4) is 0 Å². The number of hydrogen-bond donors (Lipinski definition) is 2. The zero-order valence-corrected chi connectivity index (χ0v) is 11.1. The molecule has 1 aromatic heterocycles. The van der Waals surface area contributed by atoms with Crippen LogP contribution in [0.1, 0.15) is 19.3 Å². The molecule has 6 nitrogen and oxygen atoms in total. The Labute approximate surface area is 117 Å². The zero-order chi connectivity index (χ0) is 13.9. The van der Waals surface area contributed by atoms with Crippen molar-refractivity contribution in [3.05, 3.63) is 36.9 Å². The number of nitrogens with one attached hydrogen (secondary N) is 1. The third kappa shape index (κ3) is 2.70. The highest BCUT2D eigenvalue weighted by Gasteiger charge is 2.27. The molecule has 1 saturated carbocycles. The van der Waals surface area contributed by atoms with E-state index >= 15 is 0 Å². The smallest absolute Gasteiger partial charge is 0.227 e. The van der Waals surface area contributed by atoms with Gasteiger partial charge in [-0.15, -0.1) is 10.2 Å². The maximum absolute atomic E-state index is 12.2. The number of carbonyl (C=O) groups excluding carboxylic acids is 1. The summed E-state index contributed by atoms with van der Waals surface area (Å²) in [6.45, 7) is 0. The Kier molecular flexibility index (Phi) is 3.47. The quantitative estimate of drug-likeness (QED) is 0.882. The van der Waals surface area contributed by atoms with E-state index in [-0.39, 0.29) is 17.9 Å². The van der Waals surface area contributed by atoms with E-state index < -0.39 is 0 Å². The van der Waals surface area contributed by atoms with Gasteiger partial charge >= 0.3 is 0 Å². The van der Waals surface area contributed by atoms with Gasteiger partial charge in [0.2, 0.25) is 5.91 Å². The summed E-state index contributed by atoms with van der Waals surface area (Å²) in [6, 6.07) is 7.76. The lowest BCUT2D eigenvalue weighted by molar-refractivity contribution is -0.119. The second-order valence-corrected chi connectivity index (χ2v) is 5.18. The van der Waals surface area contributed by atoms with E-state index in [0.29, 0.717) is 0 Å². The zero-order valence-electron chi connectivity index (χ0n) is 11.1. The van der Waals surface area contributed by atoms with Gasteiger partial charge in [0.15, 0.2) is 0 Å². The summed E-state index contributed by atoms with van der Waals surface area (Å²) >= 11 is 0. The fourth-order valence-electron chi connectivity index (χ4n) is 2.58. The normalized spacial score (nSPS) is 21.9. The van der Waals surface area contributed by atoms with Gasteiger partial charge < -0.3 is 11.1 Å². The van der Waals surface area contributed by atoms with Gasteiger partial charge in [-0.1, -0.05) is 6.07 Å². The highest BCUT2D eigenvalue weighted by atomic mass is 16.1. The highest BCUT2D eigenvalue weighted by Crippen LogP contribution is 2.25. The van der Waals surface area contributed by atoms with E-state index in [4.69, 9.17) is 5.73 Å². The molecule has 20 heavy (non-hydrogen) atoms. The molecular formula is C14H17N5O. The van der Waals surface area contributed by atoms with Crippen LogP contribution in [0.2, 0.25) is 0 Å². The average molecular weight is 271 g/mol. The van der Waals surface area contributed by atoms with E-state index in [1.807, 2.05) is 24.3 Å². The summed E-state index contributed by atoms with van der Waals surface area (Å²) in [5, 5.41) is 10.5. The largest absolute Gasteiger partial charge is 0.328 e. The molecule has 2 unspecified atom stereocenters. The van der Waals surface area contributed by atoms with E-state index in [1.165, 1.54) is 0 Å². The van der Waals surface area contributed by atoms with Gasteiger partial charge in [-0.25, -0.2) is 0 Å². The fraction of sp³-hybridized carbons (Fsp3) is 0.357.